The molecule has 2 aromatic rings. The average Bonchev–Trinajstić information content (AvgIpc) is 2.41. The number of hydrogen-bond acceptors (Lipinski definition) is 4. The molecule has 4 nitrogen and oxygen atoms in total. The molecule has 0 radical (unpaired) electrons. The average molecular weight is 352 g/mol. The van der Waals surface area contributed by atoms with E-state index in [-0.39, 0.29) is 13.1 Å². The molecule has 0 atom stereocenters. The monoisotopic (exact) mass is 352 g/mol. The van der Waals surface area contributed by atoms with E-state index in [1.54, 1.807) is 49.9 Å². The Labute approximate surface area is 143 Å². The van der Waals surface area contributed by atoms with Crippen molar-refractivity contribution in [2.45, 2.75) is 32.5 Å². The van der Waals surface area contributed by atoms with E-state index in [9.17, 15) is 18.0 Å². The minimum absolute atomic E-state index is 0.0724. The fourth-order valence-electron chi connectivity index (χ4n) is 2.74. The molecular weight excluding hydrogens is 333 g/mol. The lowest BCUT2D eigenvalue weighted by Gasteiger charge is -2.41. The van der Waals surface area contributed by atoms with Gasteiger partial charge in [0.2, 0.25) is 0 Å². The van der Waals surface area contributed by atoms with Crippen molar-refractivity contribution in [1.29, 1.82) is 0 Å². The number of ether oxygens (including phenoxy) is 1. The molecule has 7 heteroatoms. The van der Waals surface area contributed by atoms with Crippen LogP contribution in [0.1, 0.15) is 31.1 Å². The quantitative estimate of drug-likeness (QED) is 0.760. The second-order valence-corrected chi connectivity index (χ2v) is 7.21. The molecule has 2 heterocycles. The molecule has 0 aliphatic carbocycles. The van der Waals surface area contributed by atoms with Gasteiger partial charge in [-0.3, -0.25) is 4.98 Å². The van der Waals surface area contributed by atoms with Crippen LogP contribution in [-0.4, -0.2) is 35.8 Å². The summed E-state index contributed by atoms with van der Waals surface area (Å²) in [5, 5.41) is 0.574. The van der Waals surface area contributed by atoms with E-state index in [0.717, 1.165) is 0 Å². The van der Waals surface area contributed by atoms with E-state index in [1.807, 2.05) is 0 Å². The topological polar surface area (TPSA) is 42.4 Å². The van der Waals surface area contributed by atoms with Crippen molar-refractivity contribution in [2.24, 2.45) is 5.92 Å². The maximum absolute atomic E-state index is 12.7. The first-order valence-corrected chi connectivity index (χ1v) is 7.98. The summed E-state index contributed by atoms with van der Waals surface area (Å²) in [5.41, 5.74) is 0.960. The first-order valence-electron chi connectivity index (χ1n) is 7.98. The number of esters is 1. The third kappa shape index (κ3) is 3.70. The van der Waals surface area contributed by atoms with Crippen molar-refractivity contribution < 1.29 is 22.7 Å². The number of halogens is 3. The lowest BCUT2D eigenvalue weighted by Crippen LogP contribution is -2.53. The lowest BCUT2D eigenvalue weighted by atomic mass is 9.98. The van der Waals surface area contributed by atoms with E-state index in [2.05, 4.69) is 4.98 Å². The third-order valence-electron chi connectivity index (χ3n) is 4.05. The van der Waals surface area contributed by atoms with Crippen LogP contribution in [0.3, 0.4) is 0 Å². The number of benzene rings is 1. The summed E-state index contributed by atoms with van der Waals surface area (Å²) < 4.78 is 43.4. The third-order valence-corrected chi connectivity index (χ3v) is 4.05. The summed E-state index contributed by atoms with van der Waals surface area (Å²) in [5.74, 6) is -1.78. The van der Waals surface area contributed by atoms with Gasteiger partial charge in [0, 0.05) is 30.4 Å². The Morgan fingerprint density at radius 1 is 1.20 bits per heavy atom. The zero-order chi connectivity index (χ0) is 18.4. The minimum atomic E-state index is -4.17. The summed E-state index contributed by atoms with van der Waals surface area (Å²) in [6.45, 7) is 5.18. The summed E-state index contributed by atoms with van der Waals surface area (Å²) in [6.07, 6.45) is -2.65. The molecule has 1 fully saturated rings. The van der Waals surface area contributed by atoms with Crippen molar-refractivity contribution in [3.63, 3.8) is 0 Å². The normalized spacial score (nSPS) is 16.0. The van der Waals surface area contributed by atoms with Gasteiger partial charge >= 0.3 is 12.1 Å². The molecule has 134 valence electrons. The molecule has 1 aliphatic rings. The first kappa shape index (κ1) is 17.5. The highest BCUT2D eigenvalue weighted by Gasteiger charge is 2.47. The van der Waals surface area contributed by atoms with Crippen molar-refractivity contribution in [3.05, 3.63) is 36.0 Å². The second kappa shape index (κ2) is 5.89. The van der Waals surface area contributed by atoms with Gasteiger partial charge in [0.05, 0.1) is 17.0 Å². The van der Waals surface area contributed by atoms with Gasteiger partial charge in [0.1, 0.15) is 5.60 Å². The summed E-state index contributed by atoms with van der Waals surface area (Å²) >= 11 is 0. The largest absolute Gasteiger partial charge is 0.456 e. The Balaban J connectivity index is 1.90. The van der Waals surface area contributed by atoms with Crippen molar-refractivity contribution in [1.82, 2.24) is 4.98 Å². The maximum atomic E-state index is 12.7. The molecule has 0 bridgehead atoms. The Kier molecular flexibility index (Phi) is 4.13. The number of nitrogens with zero attached hydrogens (tertiary/aromatic N) is 2. The zero-order valence-corrected chi connectivity index (χ0v) is 14.2. The number of carbonyl (C=O) groups excluding carboxylic acids is 1. The second-order valence-electron chi connectivity index (χ2n) is 7.21. The minimum Gasteiger partial charge on any atom is -0.456 e. The van der Waals surface area contributed by atoms with Gasteiger partial charge in [-0.05, 0) is 45.0 Å². The molecule has 1 saturated heterocycles. The fraction of sp³-hybridized carbons (Fsp3) is 0.444. The van der Waals surface area contributed by atoms with E-state index >= 15 is 0 Å². The van der Waals surface area contributed by atoms with E-state index < -0.39 is 23.7 Å². The van der Waals surface area contributed by atoms with Crippen LogP contribution in [0, 0.1) is 5.92 Å². The van der Waals surface area contributed by atoms with Gasteiger partial charge in [-0.15, -0.1) is 0 Å². The van der Waals surface area contributed by atoms with Crippen LogP contribution in [0.25, 0.3) is 10.9 Å². The standard InChI is InChI=1S/C18H19F3N2O2/c1-17(2,3)25-16(24)13-6-7-22-15-5-4-12(8-14(13)15)23-9-11(10-23)18(19,20)21/h4-8,11H,9-10H2,1-3H3. The SMILES string of the molecule is CC(C)(C)OC(=O)c1ccnc2ccc(N3CC(C(F)(F)F)C3)cc12. The molecule has 0 N–H and O–H groups in total. The van der Waals surface area contributed by atoms with Gasteiger partial charge in [-0.2, -0.15) is 13.2 Å². The number of pyridine rings is 1. The van der Waals surface area contributed by atoms with Crippen LogP contribution in [0.2, 0.25) is 0 Å². The summed E-state index contributed by atoms with van der Waals surface area (Å²) in [4.78, 5) is 18.3. The number of carbonyl (C=O) groups is 1. The number of fused-ring (bicyclic) bond motifs is 1. The van der Waals surface area contributed by atoms with Gasteiger partial charge in [0.25, 0.3) is 0 Å². The number of anilines is 1. The zero-order valence-electron chi connectivity index (χ0n) is 14.2. The van der Waals surface area contributed by atoms with Gasteiger partial charge in [-0.25, -0.2) is 4.79 Å². The Hall–Kier alpha value is -2.31. The van der Waals surface area contributed by atoms with Gasteiger partial charge in [-0.1, -0.05) is 0 Å². The maximum Gasteiger partial charge on any atom is 0.395 e. The Morgan fingerprint density at radius 2 is 1.88 bits per heavy atom. The number of rotatable bonds is 2. The van der Waals surface area contributed by atoms with Crippen LogP contribution in [0.5, 0.6) is 0 Å². The highest BCUT2D eigenvalue weighted by molar-refractivity contribution is 6.04. The molecular formula is C18H19F3N2O2. The molecule has 1 aromatic carbocycles. The van der Waals surface area contributed by atoms with Crippen LogP contribution in [0.15, 0.2) is 30.5 Å². The molecule has 0 amide bonds. The van der Waals surface area contributed by atoms with Crippen LogP contribution in [-0.2, 0) is 4.74 Å². The Morgan fingerprint density at radius 3 is 2.48 bits per heavy atom. The van der Waals surface area contributed by atoms with Crippen LogP contribution in [0.4, 0.5) is 18.9 Å². The molecule has 0 saturated carbocycles. The fourth-order valence-corrected chi connectivity index (χ4v) is 2.74. The predicted octanol–water partition coefficient (Wildman–Crippen LogP) is 4.19. The lowest BCUT2D eigenvalue weighted by molar-refractivity contribution is -0.180. The van der Waals surface area contributed by atoms with Crippen molar-refractivity contribution >= 4 is 22.6 Å². The molecule has 0 unspecified atom stereocenters. The molecule has 25 heavy (non-hydrogen) atoms. The molecule has 0 spiro atoms. The van der Waals surface area contributed by atoms with Crippen LogP contribution >= 0.6 is 0 Å². The number of aromatic nitrogens is 1. The van der Waals surface area contributed by atoms with Crippen molar-refractivity contribution in [2.75, 3.05) is 18.0 Å². The first-order chi connectivity index (χ1) is 11.5. The molecule has 1 aliphatic heterocycles. The predicted molar refractivity (Wildman–Crippen MR) is 88.7 cm³/mol. The highest BCUT2D eigenvalue weighted by atomic mass is 19.4. The smallest absolute Gasteiger partial charge is 0.395 e. The van der Waals surface area contributed by atoms with E-state index in [4.69, 9.17) is 4.74 Å². The summed E-state index contributed by atoms with van der Waals surface area (Å²) in [6, 6.07) is 6.70. The number of alkyl halides is 3. The van der Waals surface area contributed by atoms with Gasteiger partial charge < -0.3 is 9.64 Å². The molecule has 3 rings (SSSR count). The Bertz CT molecular complexity index is 806. The van der Waals surface area contributed by atoms with E-state index in [0.29, 0.717) is 22.2 Å². The number of hydrogen-bond donors (Lipinski definition) is 0. The molecule has 1 aromatic heterocycles. The van der Waals surface area contributed by atoms with E-state index in [1.165, 1.54) is 6.20 Å². The van der Waals surface area contributed by atoms with Crippen LogP contribution < -0.4 is 4.90 Å². The van der Waals surface area contributed by atoms with Crippen molar-refractivity contribution in [3.8, 4) is 0 Å². The highest BCUT2D eigenvalue weighted by Crippen LogP contribution is 2.37. The van der Waals surface area contributed by atoms with Gasteiger partial charge in [0.15, 0.2) is 0 Å². The summed E-state index contributed by atoms with van der Waals surface area (Å²) in [7, 11) is 0.